The summed E-state index contributed by atoms with van der Waals surface area (Å²) < 4.78 is 10.8. The van der Waals surface area contributed by atoms with Gasteiger partial charge in [0.15, 0.2) is 11.5 Å². The molecular formula is C17H14BrN2O5-. The minimum Gasteiger partial charge on any atom is -0.545 e. The summed E-state index contributed by atoms with van der Waals surface area (Å²) in [7, 11) is 2.71. The quantitative estimate of drug-likeness (QED) is 0.580. The minimum atomic E-state index is -1.45. The average Bonchev–Trinajstić information content (AvgIpc) is 2.60. The van der Waals surface area contributed by atoms with Gasteiger partial charge in [-0.05, 0) is 40.2 Å². The number of carbonyl (C=O) groups excluding carboxylic acids is 2. The summed E-state index contributed by atoms with van der Waals surface area (Å²) in [6.07, 6.45) is 1.20. The Morgan fingerprint density at radius 3 is 2.48 bits per heavy atom. The summed E-state index contributed by atoms with van der Waals surface area (Å²) in [6, 6.07) is 9.84. The van der Waals surface area contributed by atoms with Crippen molar-refractivity contribution in [2.24, 2.45) is 5.10 Å². The molecule has 0 aliphatic heterocycles. The predicted molar refractivity (Wildman–Crippen MR) is 93.1 cm³/mol. The number of ether oxygens (including phenoxy) is 2. The maximum atomic E-state index is 12.1. The van der Waals surface area contributed by atoms with E-state index in [1.165, 1.54) is 32.6 Å². The zero-order chi connectivity index (χ0) is 18.4. The fourth-order valence-electron chi connectivity index (χ4n) is 2.13. The van der Waals surface area contributed by atoms with Crippen LogP contribution in [0, 0.1) is 0 Å². The summed E-state index contributed by atoms with van der Waals surface area (Å²) in [5.74, 6) is -1.63. The van der Waals surface area contributed by atoms with Gasteiger partial charge >= 0.3 is 0 Å². The highest BCUT2D eigenvalue weighted by Gasteiger charge is 2.15. The first-order valence-corrected chi connectivity index (χ1v) is 7.83. The third-order valence-corrected chi connectivity index (χ3v) is 3.96. The van der Waals surface area contributed by atoms with Crippen LogP contribution in [0.15, 0.2) is 46.0 Å². The van der Waals surface area contributed by atoms with Crippen LogP contribution >= 0.6 is 15.9 Å². The number of nitrogens with zero attached hydrogens (tertiary/aromatic N) is 1. The Hall–Kier alpha value is -2.87. The largest absolute Gasteiger partial charge is 0.545 e. The number of halogens is 1. The van der Waals surface area contributed by atoms with E-state index in [-0.39, 0.29) is 22.6 Å². The summed E-state index contributed by atoms with van der Waals surface area (Å²) >= 11 is 3.27. The molecule has 0 bridgehead atoms. The molecule has 2 aromatic carbocycles. The molecule has 2 rings (SSSR count). The Labute approximate surface area is 152 Å². The number of carboxylic acids is 1. The molecule has 0 aliphatic rings. The van der Waals surface area contributed by atoms with Gasteiger partial charge in [0.25, 0.3) is 5.91 Å². The van der Waals surface area contributed by atoms with Gasteiger partial charge in [0.05, 0.1) is 37.5 Å². The van der Waals surface area contributed by atoms with Crippen LogP contribution in [0.1, 0.15) is 26.3 Å². The van der Waals surface area contributed by atoms with Gasteiger partial charge in [0.2, 0.25) is 0 Å². The van der Waals surface area contributed by atoms with Gasteiger partial charge in [-0.1, -0.05) is 12.1 Å². The van der Waals surface area contributed by atoms with Crippen molar-refractivity contribution in [3.8, 4) is 11.5 Å². The van der Waals surface area contributed by atoms with E-state index < -0.39 is 11.9 Å². The fourth-order valence-corrected chi connectivity index (χ4v) is 2.59. The minimum absolute atomic E-state index is 0.0172. The van der Waals surface area contributed by atoms with Crippen LogP contribution in [0.4, 0.5) is 0 Å². The predicted octanol–water partition coefficient (Wildman–Crippen LogP) is 1.59. The lowest BCUT2D eigenvalue weighted by Crippen LogP contribution is -2.25. The Morgan fingerprint density at radius 1 is 1.16 bits per heavy atom. The van der Waals surface area contributed by atoms with Crippen molar-refractivity contribution in [3.63, 3.8) is 0 Å². The first-order chi connectivity index (χ1) is 12.0. The summed E-state index contributed by atoms with van der Waals surface area (Å²) in [6.45, 7) is 0. The van der Waals surface area contributed by atoms with Crippen molar-refractivity contribution in [1.29, 1.82) is 0 Å². The summed E-state index contributed by atoms with van der Waals surface area (Å²) in [5.41, 5.74) is 2.71. The molecule has 0 aliphatic carbocycles. The molecule has 2 aromatic rings. The Bertz CT molecular complexity index is 836. The van der Waals surface area contributed by atoms with Gasteiger partial charge in [-0.15, -0.1) is 0 Å². The van der Waals surface area contributed by atoms with Crippen LogP contribution in [0.5, 0.6) is 11.5 Å². The highest BCUT2D eigenvalue weighted by molar-refractivity contribution is 9.10. The van der Waals surface area contributed by atoms with Crippen LogP contribution in [0.3, 0.4) is 0 Å². The van der Waals surface area contributed by atoms with Gasteiger partial charge in [-0.3, -0.25) is 4.79 Å². The lowest BCUT2D eigenvalue weighted by atomic mass is 10.1. The molecule has 0 saturated carbocycles. The van der Waals surface area contributed by atoms with E-state index >= 15 is 0 Å². The zero-order valence-corrected chi connectivity index (χ0v) is 15.0. The first-order valence-electron chi connectivity index (χ1n) is 7.03. The molecular weight excluding hydrogens is 392 g/mol. The standard InChI is InChI=1S/C17H15BrN2O5/c1-24-13-8-7-10(14(17(22)23)15(13)25-2)9-19-20-16(21)11-5-3-4-6-12(11)18/h3-9H,1-2H3,(H,20,21)(H,22,23)/p-1. The molecule has 0 unspecified atom stereocenters. The van der Waals surface area contributed by atoms with E-state index in [0.29, 0.717) is 10.0 Å². The molecule has 130 valence electrons. The topological polar surface area (TPSA) is 100 Å². The fraction of sp³-hybridized carbons (Fsp3) is 0.118. The van der Waals surface area contributed by atoms with Gasteiger partial charge in [0.1, 0.15) is 0 Å². The smallest absolute Gasteiger partial charge is 0.272 e. The van der Waals surface area contributed by atoms with Crippen molar-refractivity contribution in [2.75, 3.05) is 14.2 Å². The Morgan fingerprint density at radius 2 is 1.88 bits per heavy atom. The Balaban J connectivity index is 2.28. The molecule has 8 heteroatoms. The number of carboxylic acid groups (broad SMARTS) is 1. The second-order valence-corrected chi connectivity index (χ2v) is 5.59. The SMILES string of the molecule is COc1ccc(C=NNC(=O)c2ccccc2Br)c(C(=O)[O-])c1OC. The number of carbonyl (C=O) groups is 2. The molecule has 25 heavy (non-hydrogen) atoms. The van der Waals surface area contributed by atoms with E-state index in [2.05, 4.69) is 26.5 Å². The van der Waals surface area contributed by atoms with Crippen LogP contribution in [0.25, 0.3) is 0 Å². The third-order valence-electron chi connectivity index (χ3n) is 3.27. The van der Waals surface area contributed by atoms with Crippen molar-refractivity contribution in [1.82, 2.24) is 5.43 Å². The number of hydrogen-bond donors (Lipinski definition) is 1. The highest BCUT2D eigenvalue weighted by atomic mass is 79.9. The monoisotopic (exact) mass is 405 g/mol. The van der Waals surface area contributed by atoms with Crippen LogP contribution in [-0.4, -0.2) is 32.3 Å². The number of rotatable bonds is 6. The van der Waals surface area contributed by atoms with E-state index in [1.54, 1.807) is 24.3 Å². The molecule has 0 spiro atoms. The highest BCUT2D eigenvalue weighted by Crippen LogP contribution is 2.32. The number of benzene rings is 2. The molecule has 0 saturated heterocycles. The van der Waals surface area contributed by atoms with Crippen molar-refractivity contribution < 1.29 is 24.2 Å². The van der Waals surface area contributed by atoms with Gasteiger partial charge in [-0.25, -0.2) is 5.43 Å². The van der Waals surface area contributed by atoms with Gasteiger partial charge in [0, 0.05) is 10.0 Å². The summed E-state index contributed by atoms with van der Waals surface area (Å²) in [5, 5.41) is 15.2. The molecule has 0 fully saturated rings. The molecule has 0 radical (unpaired) electrons. The lowest BCUT2D eigenvalue weighted by molar-refractivity contribution is -0.255. The lowest BCUT2D eigenvalue weighted by Gasteiger charge is -2.15. The summed E-state index contributed by atoms with van der Waals surface area (Å²) in [4.78, 5) is 23.5. The number of hydrazone groups is 1. The Kier molecular flexibility index (Phi) is 6.13. The third kappa shape index (κ3) is 4.16. The van der Waals surface area contributed by atoms with E-state index in [9.17, 15) is 14.7 Å². The number of aromatic carboxylic acids is 1. The maximum absolute atomic E-state index is 12.1. The molecule has 0 aromatic heterocycles. The first kappa shape index (κ1) is 18.5. The zero-order valence-electron chi connectivity index (χ0n) is 13.4. The second-order valence-electron chi connectivity index (χ2n) is 4.73. The van der Waals surface area contributed by atoms with Crippen molar-refractivity contribution in [2.45, 2.75) is 0 Å². The maximum Gasteiger partial charge on any atom is 0.272 e. The number of hydrogen-bond acceptors (Lipinski definition) is 6. The van der Waals surface area contributed by atoms with Crippen LogP contribution in [-0.2, 0) is 0 Å². The van der Waals surface area contributed by atoms with Gasteiger partial charge in [-0.2, -0.15) is 5.10 Å². The van der Waals surface area contributed by atoms with Crippen LogP contribution < -0.4 is 20.0 Å². The molecule has 1 N–H and O–H groups in total. The van der Waals surface area contributed by atoms with E-state index in [4.69, 9.17) is 9.47 Å². The molecule has 0 heterocycles. The average molecular weight is 406 g/mol. The van der Waals surface area contributed by atoms with Crippen molar-refractivity contribution >= 4 is 34.0 Å². The second kappa shape index (κ2) is 8.29. The molecule has 1 amide bonds. The molecule has 7 nitrogen and oxygen atoms in total. The van der Waals surface area contributed by atoms with Crippen molar-refractivity contribution in [3.05, 3.63) is 57.6 Å². The van der Waals surface area contributed by atoms with Gasteiger partial charge < -0.3 is 19.4 Å². The number of methoxy groups -OCH3 is 2. The van der Waals surface area contributed by atoms with Crippen LogP contribution in [0.2, 0.25) is 0 Å². The van der Waals surface area contributed by atoms with E-state index in [1.807, 2.05) is 0 Å². The molecule has 0 atom stereocenters. The number of nitrogens with one attached hydrogen (secondary N) is 1. The van der Waals surface area contributed by atoms with E-state index in [0.717, 1.165) is 0 Å². The normalized spacial score (nSPS) is 10.5. The number of amides is 1.